The van der Waals surface area contributed by atoms with Gasteiger partial charge in [0.05, 0.1) is 12.1 Å². The molecule has 0 saturated heterocycles. The van der Waals surface area contributed by atoms with Crippen LogP contribution in [0, 0.1) is 6.92 Å². The van der Waals surface area contributed by atoms with E-state index >= 15 is 0 Å². The number of fused-ring (bicyclic) bond motifs is 1. The first-order valence-corrected chi connectivity index (χ1v) is 6.82. The minimum atomic E-state index is -0.776. The van der Waals surface area contributed by atoms with Crippen LogP contribution in [-0.4, -0.2) is 26.8 Å². The molecule has 104 valence electrons. The van der Waals surface area contributed by atoms with Crippen molar-refractivity contribution in [3.05, 3.63) is 30.0 Å². The second-order valence-electron chi connectivity index (χ2n) is 5.51. The van der Waals surface area contributed by atoms with Gasteiger partial charge in [0.2, 0.25) is 0 Å². The Labute approximate surface area is 117 Å². The third-order valence-corrected chi connectivity index (χ3v) is 4.06. The van der Waals surface area contributed by atoms with Crippen molar-refractivity contribution in [2.45, 2.75) is 38.1 Å². The fourth-order valence-corrected chi connectivity index (χ4v) is 2.82. The van der Waals surface area contributed by atoms with E-state index in [4.69, 9.17) is 5.11 Å². The van der Waals surface area contributed by atoms with Crippen LogP contribution in [0.15, 0.2) is 24.3 Å². The summed E-state index contributed by atoms with van der Waals surface area (Å²) >= 11 is 0. The smallest absolute Gasteiger partial charge is 0.305 e. The molecule has 1 aliphatic carbocycles. The Hall–Kier alpha value is -2.17. The molecule has 0 aliphatic heterocycles. The van der Waals surface area contributed by atoms with E-state index in [9.17, 15) is 4.79 Å². The Kier molecular flexibility index (Phi) is 3.04. The minimum absolute atomic E-state index is 0.122. The number of nitrogens with one attached hydrogen (secondary N) is 1. The Morgan fingerprint density at radius 3 is 2.60 bits per heavy atom. The molecule has 0 amide bonds. The van der Waals surface area contributed by atoms with Crippen LogP contribution in [0.4, 0.5) is 5.82 Å². The molecule has 0 spiro atoms. The van der Waals surface area contributed by atoms with Crippen LogP contribution in [0.1, 0.15) is 31.4 Å². The van der Waals surface area contributed by atoms with Gasteiger partial charge in [-0.3, -0.25) is 4.79 Å². The van der Waals surface area contributed by atoms with Crippen LogP contribution >= 0.6 is 0 Å². The summed E-state index contributed by atoms with van der Waals surface area (Å²) in [4.78, 5) is 11.0. The number of carbonyl (C=O) groups is 1. The number of aliphatic carboxylic acids is 1. The van der Waals surface area contributed by atoms with Crippen molar-refractivity contribution in [3.8, 4) is 0 Å². The molecule has 1 fully saturated rings. The Bertz CT molecular complexity index is 665. The molecule has 2 aromatic rings. The highest BCUT2D eigenvalue weighted by Gasteiger charge is 2.39. The SMILES string of the molecule is Cc1nnc(NC2(CC(=O)O)CCC2)c2ccccc12. The highest BCUT2D eigenvalue weighted by atomic mass is 16.4. The molecule has 1 aromatic heterocycles. The standard InChI is InChI=1S/C15H17N3O2/c1-10-11-5-2-3-6-12(11)14(18-17-10)16-15(7-4-8-15)9-13(19)20/h2-3,5-6H,4,7-9H2,1H3,(H,16,18)(H,19,20). The van der Waals surface area contributed by atoms with E-state index in [1.807, 2.05) is 31.2 Å². The van der Waals surface area contributed by atoms with Gasteiger partial charge in [-0.1, -0.05) is 24.3 Å². The molecule has 1 saturated carbocycles. The summed E-state index contributed by atoms with van der Waals surface area (Å²) in [6, 6.07) is 7.93. The number of carboxylic acids is 1. The second-order valence-corrected chi connectivity index (χ2v) is 5.51. The van der Waals surface area contributed by atoms with Crippen LogP contribution < -0.4 is 5.32 Å². The first-order valence-electron chi connectivity index (χ1n) is 6.82. The van der Waals surface area contributed by atoms with E-state index in [2.05, 4.69) is 15.5 Å². The number of nitrogens with zero attached hydrogens (tertiary/aromatic N) is 2. The summed E-state index contributed by atoms with van der Waals surface area (Å²) in [5.41, 5.74) is 0.519. The molecule has 5 nitrogen and oxygen atoms in total. The predicted molar refractivity (Wildman–Crippen MR) is 76.7 cm³/mol. The maximum absolute atomic E-state index is 11.0. The lowest BCUT2D eigenvalue weighted by Gasteiger charge is -2.42. The van der Waals surface area contributed by atoms with Crippen LogP contribution in [0.3, 0.4) is 0 Å². The zero-order chi connectivity index (χ0) is 14.2. The fourth-order valence-electron chi connectivity index (χ4n) is 2.82. The largest absolute Gasteiger partial charge is 0.481 e. The lowest BCUT2D eigenvalue weighted by atomic mass is 9.74. The number of benzene rings is 1. The topological polar surface area (TPSA) is 75.1 Å². The van der Waals surface area contributed by atoms with E-state index in [0.29, 0.717) is 5.82 Å². The van der Waals surface area contributed by atoms with Crippen molar-refractivity contribution in [1.29, 1.82) is 0 Å². The number of carboxylic acid groups (broad SMARTS) is 1. The molecule has 3 rings (SSSR count). The number of rotatable bonds is 4. The van der Waals surface area contributed by atoms with Crippen molar-refractivity contribution < 1.29 is 9.90 Å². The van der Waals surface area contributed by atoms with Gasteiger partial charge in [0.25, 0.3) is 0 Å². The maximum Gasteiger partial charge on any atom is 0.305 e. The predicted octanol–water partition coefficient (Wildman–Crippen LogP) is 2.75. The van der Waals surface area contributed by atoms with Crippen LogP contribution in [0.2, 0.25) is 0 Å². The summed E-state index contributed by atoms with van der Waals surface area (Å²) in [5.74, 6) is -0.0891. The molecule has 1 aliphatic rings. The van der Waals surface area contributed by atoms with E-state index < -0.39 is 5.97 Å². The molecule has 5 heteroatoms. The van der Waals surface area contributed by atoms with Crippen molar-refractivity contribution in [2.24, 2.45) is 0 Å². The Morgan fingerprint density at radius 1 is 1.30 bits per heavy atom. The zero-order valence-corrected chi connectivity index (χ0v) is 11.4. The van der Waals surface area contributed by atoms with E-state index in [-0.39, 0.29) is 12.0 Å². The molecule has 0 bridgehead atoms. The highest BCUT2D eigenvalue weighted by Crippen LogP contribution is 2.39. The average molecular weight is 271 g/mol. The van der Waals surface area contributed by atoms with Gasteiger partial charge in [-0.2, -0.15) is 5.10 Å². The monoisotopic (exact) mass is 271 g/mol. The van der Waals surface area contributed by atoms with Gasteiger partial charge in [-0.05, 0) is 26.2 Å². The van der Waals surface area contributed by atoms with Gasteiger partial charge in [-0.25, -0.2) is 0 Å². The molecule has 1 aromatic carbocycles. The molecule has 0 atom stereocenters. The van der Waals surface area contributed by atoms with Crippen LogP contribution in [-0.2, 0) is 4.79 Å². The molecule has 2 N–H and O–H groups in total. The summed E-state index contributed by atoms with van der Waals surface area (Å²) < 4.78 is 0. The lowest BCUT2D eigenvalue weighted by molar-refractivity contribution is -0.138. The Balaban J connectivity index is 1.98. The molecular weight excluding hydrogens is 254 g/mol. The number of hydrogen-bond acceptors (Lipinski definition) is 4. The van der Waals surface area contributed by atoms with E-state index in [1.54, 1.807) is 0 Å². The zero-order valence-electron chi connectivity index (χ0n) is 11.4. The molecule has 1 heterocycles. The van der Waals surface area contributed by atoms with Crippen LogP contribution in [0.25, 0.3) is 10.8 Å². The first-order chi connectivity index (χ1) is 9.60. The third-order valence-electron chi connectivity index (χ3n) is 4.06. The third kappa shape index (κ3) is 2.19. The number of hydrogen-bond donors (Lipinski definition) is 2. The maximum atomic E-state index is 11.0. The van der Waals surface area contributed by atoms with Gasteiger partial charge in [-0.15, -0.1) is 5.10 Å². The van der Waals surface area contributed by atoms with Gasteiger partial charge in [0.15, 0.2) is 5.82 Å². The molecule has 20 heavy (non-hydrogen) atoms. The average Bonchev–Trinajstić information content (AvgIpc) is 2.39. The van der Waals surface area contributed by atoms with Crippen molar-refractivity contribution in [2.75, 3.05) is 5.32 Å². The van der Waals surface area contributed by atoms with Crippen molar-refractivity contribution in [3.63, 3.8) is 0 Å². The Morgan fingerprint density at radius 2 is 2.00 bits per heavy atom. The minimum Gasteiger partial charge on any atom is -0.481 e. The number of aromatic nitrogens is 2. The fraction of sp³-hybridized carbons (Fsp3) is 0.400. The summed E-state index contributed by atoms with van der Waals surface area (Å²) in [6.45, 7) is 1.93. The lowest BCUT2D eigenvalue weighted by Crippen LogP contribution is -2.47. The van der Waals surface area contributed by atoms with Crippen molar-refractivity contribution >= 4 is 22.6 Å². The quantitative estimate of drug-likeness (QED) is 0.894. The molecular formula is C15H17N3O2. The van der Waals surface area contributed by atoms with Gasteiger partial charge in [0, 0.05) is 16.3 Å². The number of anilines is 1. The summed E-state index contributed by atoms with van der Waals surface area (Å²) in [7, 11) is 0. The first kappa shape index (κ1) is 12.8. The van der Waals surface area contributed by atoms with Crippen molar-refractivity contribution in [1.82, 2.24) is 10.2 Å². The summed E-state index contributed by atoms with van der Waals surface area (Å²) in [5, 5.41) is 22.9. The van der Waals surface area contributed by atoms with Crippen LogP contribution in [0.5, 0.6) is 0 Å². The number of aryl methyl sites for hydroxylation is 1. The van der Waals surface area contributed by atoms with E-state index in [1.165, 1.54) is 0 Å². The van der Waals surface area contributed by atoms with Gasteiger partial charge in [0.1, 0.15) is 0 Å². The molecule has 0 unspecified atom stereocenters. The highest BCUT2D eigenvalue weighted by molar-refractivity contribution is 5.93. The van der Waals surface area contributed by atoms with E-state index in [0.717, 1.165) is 35.7 Å². The van der Waals surface area contributed by atoms with Gasteiger partial charge >= 0.3 is 5.97 Å². The normalized spacial score (nSPS) is 16.6. The second kappa shape index (κ2) is 4.74. The van der Waals surface area contributed by atoms with Gasteiger partial charge < -0.3 is 10.4 Å². The molecule has 0 radical (unpaired) electrons. The summed E-state index contributed by atoms with van der Waals surface area (Å²) in [6.07, 6.45) is 2.90.